The highest BCUT2D eigenvalue weighted by Gasteiger charge is 2.19. The Bertz CT molecular complexity index is 457. The zero-order chi connectivity index (χ0) is 29.0. The Morgan fingerprint density at radius 1 is 0.385 bits per heavy atom. The molecule has 0 spiro atoms. The van der Waals surface area contributed by atoms with Gasteiger partial charge in [0, 0.05) is 22.3 Å². The van der Waals surface area contributed by atoms with E-state index in [2.05, 4.69) is 56.2 Å². The Morgan fingerprint density at radius 2 is 0.718 bits per heavy atom. The lowest BCUT2D eigenvalue weighted by Gasteiger charge is -2.33. The smallest absolute Gasteiger partial charge is 0.00957 e. The highest BCUT2D eigenvalue weighted by molar-refractivity contribution is 6.08. The van der Waals surface area contributed by atoms with E-state index in [0.717, 1.165) is 12.1 Å². The monoisotopic (exact) mass is 568 g/mol. The number of hydrogen-bond acceptors (Lipinski definition) is 3. The summed E-state index contributed by atoms with van der Waals surface area (Å²) in [5.74, 6) is 0. The third kappa shape index (κ3) is 21.5. The van der Waals surface area contributed by atoms with Crippen molar-refractivity contribution in [1.82, 2.24) is 14.7 Å². The molecular weight excluding hydrogens is 490 g/mol. The molecule has 0 rings (SSSR count). The van der Waals surface area contributed by atoms with Crippen LogP contribution in [0.25, 0.3) is 0 Å². The number of rotatable bonds is 31. The van der Waals surface area contributed by atoms with Crippen LogP contribution in [0.4, 0.5) is 0 Å². The van der Waals surface area contributed by atoms with E-state index in [0.29, 0.717) is 0 Å². The molecule has 0 fully saturated rings. The first-order chi connectivity index (χ1) is 19.1. The fourth-order valence-corrected chi connectivity index (χ4v) is 7.24. The molecule has 4 heteroatoms. The van der Waals surface area contributed by atoms with Crippen LogP contribution in [-0.2, 0) is 0 Å². The summed E-state index contributed by atoms with van der Waals surface area (Å²) in [4.78, 5) is 8.42. The van der Waals surface area contributed by atoms with Crippen molar-refractivity contribution in [2.24, 2.45) is 0 Å². The van der Waals surface area contributed by atoms with Crippen molar-refractivity contribution in [2.45, 2.75) is 182 Å². The van der Waals surface area contributed by atoms with Gasteiger partial charge < -0.3 is 14.7 Å². The standard InChI is InChI=1S/C35H77N3Si/c1-7-26-36(27-8-2)32-21-25-35(38(30-11-5)31-12-6)24-18-14-13-17-22-34(23-19-15-16-20-33-39)37(28-9-3)29-10-4/h34-35H,7-33H2,1-6,39H3. The van der Waals surface area contributed by atoms with Gasteiger partial charge in [-0.3, -0.25) is 0 Å². The molecule has 0 heterocycles. The van der Waals surface area contributed by atoms with Crippen LogP contribution in [0.15, 0.2) is 0 Å². The van der Waals surface area contributed by atoms with Crippen molar-refractivity contribution < 1.29 is 0 Å². The third-order valence-corrected chi connectivity index (χ3v) is 9.34. The van der Waals surface area contributed by atoms with Crippen LogP contribution >= 0.6 is 0 Å². The minimum absolute atomic E-state index is 0.804. The van der Waals surface area contributed by atoms with Gasteiger partial charge in [0.1, 0.15) is 0 Å². The summed E-state index contributed by atoms with van der Waals surface area (Å²) in [5.41, 5.74) is 0. The molecule has 0 saturated carbocycles. The van der Waals surface area contributed by atoms with E-state index in [4.69, 9.17) is 0 Å². The molecule has 2 atom stereocenters. The molecule has 236 valence electrons. The minimum Gasteiger partial charge on any atom is -0.303 e. The van der Waals surface area contributed by atoms with E-state index in [1.54, 1.807) is 0 Å². The number of hydrogen-bond donors (Lipinski definition) is 0. The van der Waals surface area contributed by atoms with Gasteiger partial charge in [-0.05, 0) is 116 Å². The van der Waals surface area contributed by atoms with Crippen molar-refractivity contribution in [3.05, 3.63) is 0 Å². The maximum absolute atomic E-state index is 2.86. The van der Waals surface area contributed by atoms with E-state index in [-0.39, 0.29) is 0 Å². The maximum atomic E-state index is 2.86. The molecule has 0 aromatic heterocycles. The normalized spacial score (nSPS) is 13.8. The largest absolute Gasteiger partial charge is 0.303 e. The predicted octanol–water partition coefficient (Wildman–Crippen LogP) is 8.94. The molecular formula is C35H77N3Si. The van der Waals surface area contributed by atoms with Crippen LogP contribution < -0.4 is 0 Å². The average Bonchev–Trinajstić information content (AvgIpc) is 2.92. The minimum atomic E-state index is 0.804. The van der Waals surface area contributed by atoms with Gasteiger partial charge in [-0.25, -0.2) is 0 Å². The summed E-state index contributed by atoms with van der Waals surface area (Å²) in [5, 5.41) is 0. The van der Waals surface area contributed by atoms with Crippen LogP contribution in [0.1, 0.15) is 164 Å². The molecule has 0 saturated heterocycles. The molecule has 0 aliphatic heterocycles. The van der Waals surface area contributed by atoms with Crippen molar-refractivity contribution in [2.75, 3.05) is 45.8 Å². The molecule has 0 amide bonds. The second-order valence-electron chi connectivity index (χ2n) is 12.6. The molecule has 0 aliphatic rings. The second kappa shape index (κ2) is 29.6. The molecule has 0 radical (unpaired) electrons. The average molecular weight is 568 g/mol. The second-order valence-corrected chi connectivity index (χ2v) is 13.6. The van der Waals surface area contributed by atoms with Crippen LogP contribution in [0.3, 0.4) is 0 Å². The highest BCUT2D eigenvalue weighted by atomic mass is 28.1. The Hall–Kier alpha value is 0.0969. The summed E-state index contributed by atoms with van der Waals surface area (Å²) in [6.07, 6.45) is 26.5. The fourth-order valence-electron chi connectivity index (χ4n) is 6.74. The van der Waals surface area contributed by atoms with Gasteiger partial charge in [0.05, 0.1) is 0 Å². The Morgan fingerprint density at radius 3 is 1.05 bits per heavy atom. The Balaban J connectivity index is 4.74. The van der Waals surface area contributed by atoms with Crippen molar-refractivity contribution in [3.63, 3.8) is 0 Å². The number of nitrogens with zero attached hydrogens (tertiary/aromatic N) is 3. The molecule has 3 nitrogen and oxygen atoms in total. The van der Waals surface area contributed by atoms with Crippen molar-refractivity contribution in [1.29, 1.82) is 0 Å². The van der Waals surface area contributed by atoms with E-state index in [9.17, 15) is 0 Å². The highest BCUT2D eigenvalue weighted by Crippen LogP contribution is 2.21. The van der Waals surface area contributed by atoms with Gasteiger partial charge in [-0.1, -0.05) is 99.0 Å². The molecule has 2 unspecified atom stereocenters. The van der Waals surface area contributed by atoms with Crippen LogP contribution in [0.5, 0.6) is 0 Å². The SMILES string of the molecule is CCCN(CCC)CCCC(CCCCCCC(CCCCCC[SiH3])N(CCC)CCC)N(CCC)CCC. The van der Waals surface area contributed by atoms with Gasteiger partial charge in [0.25, 0.3) is 0 Å². The summed E-state index contributed by atoms with van der Waals surface area (Å²) < 4.78 is 0. The third-order valence-electron chi connectivity index (χ3n) is 8.63. The van der Waals surface area contributed by atoms with E-state index >= 15 is 0 Å². The quantitative estimate of drug-likeness (QED) is 0.0611. The maximum Gasteiger partial charge on any atom is 0.00957 e. The first kappa shape index (κ1) is 39.1. The van der Waals surface area contributed by atoms with E-state index in [1.165, 1.54) is 184 Å². The molecule has 39 heavy (non-hydrogen) atoms. The summed E-state index contributed by atoms with van der Waals surface area (Å²) in [6, 6.07) is 3.14. The first-order valence-electron chi connectivity index (χ1n) is 18.3. The Labute approximate surface area is 252 Å². The lowest BCUT2D eigenvalue weighted by Crippen LogP contribution is -2.37. The molecule has 0 aromatic carbocycles. The summed E-state index contributed by atoms with van der Waals surface area (Å²) in [7, 11) is 1.39. The van der Waals surface area contributed by atoms with Crippen LogP contribution in [-0.4, -0.2) is 82.8 Å². The van der Waals surface area contributed by atoms with Gasteiger partial charge in [-0.15, -0.1) is 0 Å². The number of unbranched alkanes of at least 4 members (excludes halogenated alkanes) is 6. The van der Waals surface area contributed by atoms with Crippen molar-refractivity contribution in [3.8, 4) is 0 Å². The lowest BCUT2D eigenvalue weighted by molar-refractivity contribution is 0.162. The lowest BCUT2D eigenvalue weighted by atomic mass is 9.97. The van der Waals surface area contributed by atoms with Gasteiger partial charge in [-0.2, -0.15) is 0 Å². The van der Waals surface area contributed by atoms with Gasteiger partial charge in [0.2, 0.25) is 0 Å². The summed E-state index contributed by atoms with van der Waals surface area (Å²) in [6.45, 7) is 23.2. The predicted molar refractivity (Wildman–Crippen MR) is 184 cm³/mol. The van der Waals surface area contributed by atoms with Crippen LogP contribution in [0, 0.1) is 0 Å². The Kier molecular flexibility index (Phi) is 29.7. The molecule has 0 N–H and O–H groups in total. The fraction of sp³-hybridized carbons (Fsp3) is 1.00. The first-order valence-corrected chi connectivity index (χ1v) is 19.7. The molecule has 0 bridgehead atoms. The van der Waals surface area contributed by atoms with Gasteiger partial charge >= 0.3 is 0 Å². The topological polar surface area (TPSA) is 9.72 Å². The zero-order valence-electron chi connectivity index (χ0n) is 28.6. The molecule has 0 aliphatic carbocycles. The van der Waals surface area contributed by atoms with E-state index in [1.807, 2.05) is 0 Å². The van der Waals surface area contributed by atoms with Gasteiger partial charge in [0.15, 0.2) is 0 Å². The van der Waals surface area contributed by atoms with Crippen molar-refractivity contribution >= 4 is 10.2 Å². The molecule has 0 aromatic rings. The van der Waals surface area contributed by atoms with Crippen LogP contribution in [0.2, 0.25) is 6.04 Å². The van der Waals surface area contributed by atoms with E-state index < -0.39 is 0 Å². The summed E-state index contributed by atoms with van der Waals surface area (Å²) >= 11 is 0. The zero-order valence-corrected chi connectivity index (χ0v) is 30.6.